The van der Waals surface area contributed by atoms with Gasteiger partial charge < -0.3 is 15.2 Å². The molecule has 0 aliphatic heterocycles. The maximum absolute atomic E-state index is 12.4. The summed E-state index contributed by atoms with van der Waals surface area (Å²) in [7, 11) is 0. The first-order valence-electron chi connectivity index (χ1n) is 8.73. The molecule has 10 nitrogen and oxygen atoms in total. The van der Waals surface area contributed by atoms with E-state index in [4.69, 9.17) is 15.2 Å². The van der Waals surface area contributed by atoms with Gasteiger partial charge in [-0.15, -0.1) is 11.3 Å². The van der Waals surface area contributed by atoms with Gasteiger partial charge in [-0.1, -0.05) is 12.1 Å². The number of fused-ring (bicyclic) bond motifs is 1. The number of rotatable bonds is 6. The second-order valence-electron chi connectivity index (χ2n) is 6.00. The zero-order chi connectivity index (χ0) is 21.8. The predicted octanol–water partition coefficient (Wildman–Crippen LogP) is 1.13. The van der Waals surface area contributed by atoms with Crippen molar-refractivity contribution in [1.29, 1.82) is 5.26 Å². The molecule has 0 radical (unpaired) electrons. The second-order valence-corrected chi connectivity index (χ2v) is 7.06. The smallest absolute Gasteiger partial charge is 0.348 e. The van der Waals surface area contributed by atoms with E-state index in [1.807, 2.05) is 6.07 Å². The van der Waals surface area contributed by atoms with Crippen molar-refractivity contribution in [3.63, 3.8) is 0 Å². The lowest BCUT2D eigenvalue weighted by molar-refractivity contribution is -0.145. The Morgan fingerprint density at radius 2 is 2.00 bits per heavy atom. The third-order valence-electron chi connectivity index (χ3n) is 4.18. The van der Waals surface area contributed by atoms with E-state index < -0.39 is 36.3 Å². The van der Waals surface area contributed by atoms with Crippen LogP contribution < -0.4 is 17.0 Å². The molecular formula is C19H16N4O6S. The SMILES string of the molecule is CCOC(=O)c1sc(N)c(C#N)c1COC(=O)Cn1c(=O)[nH]c(=O)c2ccccc21. The minimum Gasteiger partial charge on any atom is -0.462 e. The lowest BCUT2D eigenvalue weighted by Crippen LogP contribution is -2.32. The Morgan fingerprint density at radius 1 is 1.27 bits per heavy atom. The number of carbonyl (C=O) groups excluding carboxylic acids is 2. The molecule has 0 atom stereocenters. The van der Waals surface area contributed by atoms with E-state index >= 15 is 0 Å². The number of H-pyrrole nitrogens is 1. The zero-order valence-electron chi connectivity index (χ0n) is 15.8. The van der Waals surface area contributed by atoms with Crippen molar-refractivity contribution in [2.45, 2.75) is 20.1 Å². The number of nitrogens with zero attached hydrogens (tertiary/aromatic N) is 2. The summed E-state index contributed by atoms with van der Waals surface area (Å²) in [5, 5.41) is 9.66. The maximum Gasteiger partial charge on any atom is 0.348 e. The normalized spacial score (nSPS) is 10.5. The summed E-state index contributed by atoms with van der Waals surface area (Å²) < 4.78 is 11.2. The Bertz CT molecular complexity index is 1300. The molecule has 11 heteroatoms. The summed E-state index contributed by atoms with van der Waals surface area (Å²) >= 11 is 0.870. The molecule has 3 rings (SSSR count). The standard InChI is InChI=1S/C19H16N4O6S/c1-2-28-18(26)15-12(11(7-20)16(21)30-15)9-29-14(24)8-23-13-6-4-3-5-10(13)17(25)22-19(23)27/h3-6H,2,8-9,21H2,1H3,(H,22,25,27). The van der Waals surface area contributed by atoms with E-state index in [1.165, 1.54) is 12.1 Å². The maximum atomic E-state index is 12.4. The van der Waals surface area contributed by atoms with Crippen molar-refractivity contribution >= 4 is 39.2 Å². The number of esters is 2. The van der Waals surface area contributed by atoms with Crippen LogP contribution in [0.25, 0.3) is 10.9 Å². The van der Waals surface area contributed by atoms with Crippen LogP contribution in [0.4, 0.5) is 5.00 Å². The summed E-state index contributed by atoms with van der Waals surface area (Å²) in [6, 6.07) is 8.20. The van der Waals surface area contributed by atoms with Crippen LogP contribution in [-0.2, 0) is 27.4 Å². The first-order chi connectivity index (χ1) is 14.4. The number of hydrogen-bond acceptors (Lipinski definition) is 9. The Balaban J connectivity index is 1.86. The van der Waals surface area contributed by atoms with E-state index in [1.54, 1.807) is 19.1 Å². The molecule has 3 N–H and O–H groups in total. The minimum absolute atomic E-state index is 0.0301. The van der Waals surface area contributed by atoms with Crippen LogP contribution in [0.15, 0.2) is 33.9 Å². The average Bonchev–Trinajstić information content (AvgIpc) is 3.05. The van der Waals surface area contributed by atoms with Gasteiger partial charge in [0, 0.05) is 5.56 Å². The van der Waals surface area contributed by atoms with Crippen molar-refractivity contribution < 1.29 is 19.1 Å². The van der Waals surface area contributed by atoms with Gasteiger partial charge in [-0.3, -0.25) is 19.1 Å². The summed E-state index contributed by atoms with van der Waals surface area (Å²) in [6.45, 7) is 0.873. The highest BCUT2D eigenvalue weighted by molar-refractivity contribution is 7.18. The summed E-state index contributed by atoms with van der Waals surface area (Å²) in [6.07, 6.45) is 0. The number of aromatic amines is 1. The Labute approximate surface area is 173 Å². The van der Waals surface area contributed by atoms with Crippen LogP contribution in [0.1, 0.15) is 27.7 Å². The topological polar surface area (TPSA) is 157 Å². The van der Waals surface area contributed by atoms with Crippen LogP contribution in [0, 0.1) is 11.3 Å². The lowest BCUT2D eigenvalue weighted by atomic mass is 10.1. The highest BCUT2D eigenvalue weighted by Crippen LogP contribution is 2.31. The van der Waals surface area contributed by atoms with Crippen LogP contribution in [-0.4, -0.2) is 28.1 Å². The number of benzene rings is 1. The lowest BCUT2D eigenvalue weighted by Gasteiger charge is -2.10. The molecule has 2 aromatic heterocycles. The van der Waals surface area contributed by atoms with Crippen molar-refractivity contribution in [3.8, 4) is 6.07 Å². The minimum atomic E-state index is -0.808. The average molecular weight is 428 g/mol. The first-order valence-corrected chi connectivity index (χ1v) is 9.54. The number of para-hydroxylation sites is 1. The van der Waals surface area contributed by atoms with Crippen LogP contribution >= 0.6 is 11.3 Å². The van der Waals surface area contributed by atoms with Crippen LogP contribution in [0.2, 0.25) is 0 Å². The molecule has 0 saturated carbocycles. The largest absolute Gasteiger partial charge is 0.462 e. The fourth-order valence-electron chi connectivity index (χ4n) is 2.83. The molecule has 0 aliphatic rings. The number of carbonyl (C=O) groups is 2. The van der Waals surface area contributed by atoms with Gasteiger partial charge in [0.15, 0.2) is 0 Å². The molecule has 3 aromatic rings. The molecule has 0 bridgehead atoms. The Kier molecular flexibility index (Phi) is 5.98. The molecule has 0 amide bonds. The highest BCUT2D eigenvalue weighted by atomic mass is 32.1. The second kappa shape index (κ2) is 8.62. The highest BCUT2D eigenvalue weighted by Gasteiger charge is 2.24. The first kappa shape index (κ1) is 20.8. The fraction of sp³-hybridized carbons (Fsp3) is 0.211. The molecule has 0 unspecified atom stereocenters. The van der Waals surface area contributed by atoms with Gasteiger partial charge in [0.2, 0.25) is 0 Å². The quantitative estimate of drug-likeness (QED) is 0.553. The third-order valence-corrected chi connectivity index (χ3v) is 5.22. The molecule has 154 valence electrons. The van der Waals surface area contributed by atoms with Crippen LogP contribution in [0.5, 0.6) is 0 Å². The van der Waals surface area contributed by atoms with Gasteiger partial charge in [-0.2, -0.15) is 5.26 Å². The van der Waals surface area contributed by atoms with E-state index in [-0.39, 0.29) is 38.5 Å². The number of anilines is 1. The van der Waals surface area contributed by atoms with Gasteiger partial charge in [-0.05, 0) is 19.1 Å². The van der Waals surface area contributed by atoms with E-state index in [0.717, 1.165) is 15.9 Å². The summed E-state index contributed by atoms with van der Waals surface area (Å²) in [5.74, 6) is -1.48. The molecule has 0 saturated heterocycles. The molecule has 0 spiro atoms. The molecule has 0 fully saturated rings. The van der Waals surface area contributed by atoms with E-state index in [2.05, 4.69) is 4.98 Å². The number of hydrogen-bond donors (Lipinski definition) is 2. The van der Waals surface area contributed by atoms with Gasteiger partial charge >= 0.3 is 17.6 Å². The fourth-order valence-corrected chi connectivity index (χ4v) is 3.75. The molecular weight excluding hydrogens is 412 g/mol. The number of aromatic nitrogens is 2. The van der Waals surface area contributed by atoms with Crippen molar-refractivity contribution in [2.75, 3.05) is 12.3 Å². The van der Waals surface area contributed by atoms with Gasteiger partial charge in [0.05, 0.1) is 23.1 Å². The van der Waals surface area contributed by atoms with Gasteiger partial charge in [0.25, 0.3) is 5.56 Å². The third kappa shape index (κ3) is 3.94. The number of nitrogen functional groups attached to an aromatic ring is 1. The van der Waals surface area contributed by atoms with Crippen molar-refractivity contribution in [3.05, 3.63) is 61.1 Å². The molecule has 1 aromatic carbocycles. The number of nitrogens with two attached hydrogens (primary N) is 1. The molecule has 0 aliphatic carbocycles. The van der Waals surface area contributed by atoms with Gasteiger partial charge in [-0.25, -0.2) is 9.59 Å². The van der Waals surface area contributed by atoms with E-state index in [0.29, 0.717) is 0 Å². The Hall–Kier alpha value is -3.91. The predicted molar refractivity (Wildman–Crippen MR) is 108 cm³/mol. The zero-order valence-corrected chi connectivity index (χ0v) is 16.6. The van der Waals surface area contributed by atoms with Gasteiger partial charge in [0.1, 0.15) is 29.1 Å². The summed E-state index contributed by atoms with van der Waals surface area (Å²) in [4.78, 5) is 50.8. The van der Waals surface area contributed by atoms with Crippen LogP contribution in [0.3, 0.4) is 0 Å². The number of nitriles is 1. The van der Waals surface area contributed by atoms with Crippen molar-refractivity contribution in [1.82, 2.24) is 9.55 Å². The number of ether oxygens (including phenoxy) is 2. The molecule has 30 heavy (non-hydrogen) atoms. The van der Waals surface area contributed by atoms with Crippen molar-refractivity contribution in [2.24, 2.45) is 0 Å². The monoisotopic (exact) mass is 428 g/mol. The summed E-state index contributed by atoms with van der Waals surface area (Å²) in [5.41, 5.74) is 4.90. The molecule has 2 heterocycles. The Morgan fingerprint density at radius 3 is 2.70 bits per heavy atom. The number of thiophene rings is 1. The number of nitrogens with one attached hydrogen (secondary N) is 1. The van der Waals surface area contributed by atoms with E-state index in [9.17, 15) is 24.4 Å².